The Bertz CT molecular complexity index is 326. The molecule has 0 aliphatic rings. The SMILES string of the molecule is CCCNC(c1cncc(OCC)c1)C(C)C. The molecule has 1 rings (SSSR count). The van der Waals surface area contributed by atoms with Crippen LogP contribution in [0.2, 0.25) is 0 Å². The maximum Gasteiger partial charge on any atom is 0.137 e. The fourth-order valence-electron chi connectivity index (χ4n) is 1.89. The van der Waals surface area contributed by atoms with Gasteiger partial charge in [-0.15, -0.1) is 0 Å². The quantitative estimate of drug-likeness (QED) is 0.789. The van der Waals surface area contributed by atoms with Crippen LogP contribution in [0.5, 0.6) is 5.75 Å². The summed E-state index contributed by atoms with van der Waals surface area (Å²) in [7, 11) is 0. The smallest absolute Gasteiger partial charge is 0.137 e. The molecular weight excluding hydrogens is 212 g/mol. The number of aromatic nitrogens is 1. The molecule has 17 heavy (non-hydrogen) atoms. The Hall–Kier alpha value is -1.09. The van der Waals surface area contributed by atoms with E-state index in [-0.39, 0.29) is 0 Å². The van der Waals surface area contributed by atoms with Gasteiger partial charge in [-0.3, -0.25) is 4.98 Å². The number of pyridine rings is 1. The molecule has 1 heterocycles. The minimum Gasteiger partial charge on any atom is -0.492 e. The van der Waals surface area contributed by atoms with Gasteiger partial charge in [-0.25, -0.2) is 0 Å². The number of nitrogens with zero attached hydrogens (tertiary/aromatic N) is 1. The van der Waals surface area contributed by atoms with Gasteiger partial charge in [0.1, 0.15) is 5.75 Å². The van der Waals surface area contributed by atoms with Crippen LogP contribution in [0.25, 0.3) is 0 Å². The van der Waals surface area contributed by atoms with Crippen LogP contribution in [0.4, 0.5) is 0 Å². The Labute approximate surface area is 105 Å². The van der Waals surface area contributed by atoms with E-state index in [1.165, 1.54) is 5.56 Å². The fraction of sp³-hybridized carbons (Fsp3) is 0.643. The van der Waals surface area contributed by atoms with E-state index in [2.05, 4.69) is 37.1 Å². The molecule has 0 aliphatic carbocycles. The van der Waals surface area contributed by atoms with Gasteiger partial charge in [0, 0.05) is 12.2 Å². The first kappa shape index (κ1) is 14.0. The summed E-state index contributed by atoms with van der Waals surface area (Å²) in [5.41, 5.74) is 1.21. The first-order valence-corrected chi connectivity index (χ1v) is 6.50. The van der Waals surface area contributed by atoms with E-state index >= 15 is 0 Å². The molecule has 0 aromatic carbocycles. The first-order chi connectivity index (χ1) is 8.19. The van der Waals surface area contributed by atoms with Crippen LogP contribution < -0.4 is 10.1 Å². The predicted octanol–water partition coefficient (Wildman–Crippen LogP) is 3.18. The van der Waals surface area contributed by atoms with E-state index in [1.54, 1.807) is 6.20 Å². The molecule has 96 valence electrons. The number of hydrogen-bond donors (Lipinski definition) is 1. The molecule has 0 aliphatic heterocycles. The van der Waals surface area contributed by atoms with Crippen molar-refractivity contribution in [2.75, 3.05) is 13.2 Å². The van der Waals surface area contributed by atoms with Crippen molar-refractivity contribution in [2.24, 2.45) is 5.92 Å². The molecule has 1 aromatic rings. The molecule has 1 atom stereocenters. The van der Waals surface area contributed by atoms with Gasteiger partial charge in [0.25, 0.3) is 0 Å². The average molecular weight is 236 g/mol. The zero-order valence-corrected chi connectivity index (χ0v) is 11.4. The highest BCUT2D eigenvalue weighted by Crippen LogP contribution is 2.24. The van der Waals surface area contributed by atoms with Crippen molar-refractivity contribution in [3.8, 4) is 5.75 Å². The van der Waals surface area contributed by atoms with Crippen molar-refractivity contribution in [1.82, 2.24) is 10.3 Å². The second-order valence-electron chi connectivity index (χ2n) is 4.56. The van der Waals surface area contributed by atoms with E-state index in [9.17, 15) is 0 Å². The lowest BCUT2D eigenvalue weighted by molar-refractivity contribution is 0.336. The minimum atomic E-state index is 0.350. The molecular formula is C14H24N2O. The van der Waals surface area contributed by atoms with Crippen molar-refractivity contribution < 1.29 is 4.74 Å². The molecule has 0 radical (unpaired) electrons. The largest absolute Gasteiger partial charge is 0.492 e. The number of rotatable bonds is 7. The summed E-state index contributed by atoms with van der Waals surface area (Å²) in [5.74, 6) is 1.40. The minimum absolute atomic E-state index is 0.350. The highest BCUT2D eigenvalue weighted by Gasteiger charge is 2.15. The standard InChI is InChI=1S/C14H24N2O/c1-5-7-16-14(11(3)4)12-8-13(17-6-2)10-15-9-12/h8-11,14,16H,5-7H2,1-4H3. The van der Waals surface area contributed by atoms with Crippen molar-refractivity contribution in [3.63, 3.8) is 0 Å². The molecule has 0 amide bonds. The lowest BCUT2D eigenvalue weighted by Gasteiger charge is -2.22. The molecule has 3 heteroatoms. The van der Waals surface area contributed by atoms with Gasteiger partial charge in [-0.2, -0.15) is 0 Å². The van der Waals surface area contributed by atoms with Gasteiger partial charge >= 0.3 is 0 Å². The predicted molar refractivity (Wildman–Crippen MR) is 71.3 cm³/mol. The van der Waals surface area contributed by atoms with Crippen molar-refractivity contribution in [1.29, 1.82) is 0 Å². The summed E-state index contributed by atoms with van der Waals surface area (Å²) in [5, 5.41) is 3.56. The summed E-state index contributed by atoms with van der Waals surface area (Å²) >= 11 is 0. The number of nitrogens with one attached hydrogen (secondary N) is 1. The number of hydrogen-bond acceptors (Lipinski definition) is 3. The third kappa shape index (κ3) is 4.35. The van der Waals surface area contributed by atoms with E-state index in [0.29, 0.717) is 18.6 Å². The van der Waals surface area contributed by atoms with Gasteiger partial charge in [-0.05, 0) is 37.4 Å². The van der Waals surface area contributed by atoms with Crippen LogP contribution in [-0.4, -0.2) is 18.1 Å². The molecule has 0 spiro atoms. The van der Waals surface area contributed by atoms with Crippen molar-refractivity contribution >= 4 is 0 Å². The summed E-state index contributed by atoms with van der Waals surface area (Å²) in [4.78, 5) is 4.25. The van der Waals surface area contributed by atoms with Gasteiger partial charge in [0.15, 0.2) is 0 Å². The third-order valence-corrected chi connectivity index (χ3v) is 2.69. The maximum absolute atomic E-state index is 5.49. The van der Waals surface area contributed by atoms with E-state index in [1.807, 2.05) is 13.1 Å². The summed E-state index contributed by atoms with van der Waals surface area (Å²) in [6.45, 7) is 10.3. The van der Waals surface area contributed by atoms with E-state index < -0.39 is 0 Å². The van der Waals surface area contributed by atoms with Gasteiger partial charge in [-0.1, -0.05) is 20.8 Å². The Balaban J connectivity index is 2.81. The van der Waals surface area contributed by atoms with Crippen LogP contribution in [0.15, 0.2) is 18.5 Å². The van der Waals surface area contributed by atoms with Gasteiger partial charge in [0.2, 0.25) is 0 Å². The molecule has 0 bridgehead atoms. The van der Waals surface area contributed by atoms with E-state index in [0.717, 1.165) is 18.7 Å². The maximum atomic E-state index is 5.49. The Kier molecular flexibility index (Phi) is 5.98. The fourth-order valence-corrected chi connectivity index (χ4v) is 1.89. The zero-order chi connectivity index (χ0) is 12.7. The normalized spacial score (nSPS) is 12.8. The summed E-state index contributed by atoms with van der Waals surface area (Å²) in [6, 6.07) is 2.44. The van der Waals surface area contributed by atoms with Crippen LogP contribution >= 0.6 is 0 Å². The molecule has 1 unspecified atom stereocenters. The average Bonchev–Trinajstić information content (AvgIpc) is 2.30. The Morgan fingerprint density at radius 3 is 2.65 bits per heavy atom. The van der Waals surface area contributed by atoms with Crippen molar-refractivity contribution in [2.45, 2.75) is 40.2 Å². The molecule has 0 saturated heterocycles. The molecule has 3 nitrogen and oxygen atoms in total. The number of ether oxygens (including phenoxy) is 1. The summed E-state index contributed by atoms with van der Waals surface area (Å²) < 4.78 is 5.49. The van der Waals surface area contributed by atoms with Crippen molar-refractivity contribution in [3.05, 3.63) is 24.0 Å². The monoisotopic (exact) mass is 236 g/mol. The molecule has 0 saturated carbocycles. The van der Waals surface area contributed by atoms with Crippen LogP contribution in [0.3, 0.4) is 0 Å². The Morgan fingerprint density at radius 2 is 2.06 bits per heavy atom. The lowest BCUT2D eigenvalue weighted by Crippen LogP contribution is -2.26. The topological polar surface area (TPSA) is 34.2 Å². The Morgan fingerprint density at radius 1 is 1.29 bits per heavy atom. The van der Waals surface area contributed by atoms with Gasteiger partial charge in [0.05, 0.1) is 12.8 Å². The van der Waals surface area contributed by atoms with E-state index in [4.69, 9.17) is 4.74 Å². The molecule has 1 aromatic heterocycles. The second-order valence-corrected chi connectivity index (χ2v) is 4.56. The molecule has 0 fully saturated rings. The lowest BCUT2D eigenvalue weighted by atomic mass is 9.97. The second kappa shape index (κ2) is 7.28. The highest BCUT2D eigenvalue weighted by molar-refractivity contribution is 5.26. The highest BCUT2D eigenvalue weighted by atomic mass is 16.5. The third-order valence-electron chi connectivity index (χ3n) is 2.69. The van der Waals surface area contributed by atoms with Crippen LogP contribution in [0.1, 0.15) is 45.7 Å². The summed E-state index contributed by atoms with van der Waals surface area (Å²) in [6.07, 6.45) is 4.84. The van der Waals surface area contributed by atoms with Crippen LogP contribution in [0, 0.1) is 5.92 Å². The van der Waals surface area contributed by atoms with Gasteiger partial charge < -0.3 is 10.1 Å². The zero-order valence-electron chi connectivity index (χ0n) is 11.4. The molecule has 1 N–H and O–H groups in total. The van der Waals surface area contributed by atoms with Crippen LogP contribution in [-0.2, 0) is 0 Å². The first-order valence-electron chi connectivity index (χ1n) is 6.50.